The number of halogens is 1. The van der Waals surface area contributed by atoms with E-state index in [1.54, 1.807) is 0 Å². The maximum Gasteiger partial charge on any atom is 0.106 e. The predicted octanol–water partition coefficient (Wildman–Crippen LogP) is 1.86. The zero-order chi connectivity index (χ0) is 7.56. The molecule has 1 aromatic rings. The fourth-order valence-corrected chi connectivity index (χ4v) is 1.03. The Hall–Kier alpha value is -0.410. The van der Waals surface area contributed by atoms with Gasteiger partial charge < -0.3 is 5.73 Å². The van der Waals surface area contributed by atoms with Crippen molar-refractivity contribution in [2.45, 2.75) is 13.0 Å². The SMILES string of the molecule is C[C@H](N)c1cccc(Br)n1. The van der Waals surface area contributed by atoms with E-state index < -0.39 is 0 Å². The Kier molecular flexibility index (Phi) is 2.40. The summed E-state index contributed by atoms with van der Waals surface area (Å²) < 4.78 is 0.835. The number of aromatic nitrogens is 1. The Morgan fingerprint density at radius 1 is 1.60 bits per heavy atom. The Morgan fingerprint density at radius 3 is 2.70 bits per heavy atom. The monoisotopic (exact) mass is 200 g/mol. The Morgan fingerprint density at radius 2 is 2.30 bits per heavy atom. The molecule has 0 saturated heterocycles. The summed E-state index contributed by atoms with van der Waals surface area (Å²) in [6, 6.07) is 5.73. The van der Waals surface area contributed by atoms with E-state index in [0.29, 0.717) is 0 Å². The normalized spacial score (nSPS) is 13.1. The van der Waals surface area contributed by atoms with Gasteiger partial charge in [-0.1, -0.05) is 6.07 Å². The van der Waals surface area contributed by atoms with Gasteiger partial charge >= 0.3 is 0 Å². The molecule has 2 N–H and O–H groups in total. The van der Waals surface area contributed by atoms with Gasteiger partial charge in [0.2, 0.25) is 0 Å². The van der Waals surface area contributed by atoms with Gasteiger partial charge in [-0.05, 0) is 35.0 Å². The zero-order valence-electron chi connectivity index (χ0n) is 5.71. The second-order valence-electron chi connectivity index (χ2n) is 2.17. The maximum atomic E-state index is 5.60. The van der Waals surface area contributed by atoms with Gasteiger partial charge in [0.05, 0.1) is 5.69 Å². The summed E-state index contributed by atoms with van der Waals surface area (Å²) in [6.45, 7) is 1.91. The molecule has 1 heterocycles. The molecule has 0 aromatic carbocycles. The first-order chi connectivity index (χ1) is 4.70. The van der Waals surface area contributed by atoms with Crippen LogP contribution in [0.5, 0.6) is 0 Å². The van der Waals surface area contributed by atoms with Crippen molar-refractivity contribution in [3.8, 4) is 0 Å². The molecule has 1 atom stereocenters. The smallest absolute Gasteiger partial charge is 0.106 e. The first-order valence-electron chi connectivity index (χ1n) is 3.08. The van der Waals surface area contributed by atoms with Crippen LogP contribution in [-0.2, 0) is 0 Å². The minimum atomic E-state index is 0.0116. The van der Waals surface area contributed by atoms with Gasteiger partial charge in [-0.25, -0.2) is 4.98 Å². The van der Waals surface area contributed by atoms with Crippen molar-refractivity contribution in [2.75, 3.05) is 0 Å². The highest BCUT2D eigenvalue weighted by atomic mass is 79.9. The molecular formula is C7H9BrN2. The van der Waals surface area contributed by atoms with Gasteiger partial charge in [-0.3, -0.25) is 0 Å². The van der Waals surface area contributed by atoms with Crippen LogP contribution in [0.2, 0.25) is 0 Å². The molecule has 0 spiro atoms. The quantitative estimate of drug-likeness (QED) is 0.704. The lowest BCUT2D eigenvalue weighted by Gasteiger charge is -2.02. The third-order valence-electron chi connectivity index (χ3n) is 1.20. The van der Waals surface area contributed by atoms with E-state index in [1.807, 2.05) is 25.1 Å². The molecular weight excluding hydrogens is 192 g/mol. The average Bonchev–Trinajstić information content (AvgIpc) is 1.88. The summed E-state index contributed by atoms with van der Waals surface area (Å²) in [6.07, 6.45) is 0. The van der Waals surface area contributed by atoms with Crippen LogP contribution >= 0.6 is 15.9 Å². The standard InChI is InChI=1S/C7H9BrN2/c1-5(9)6-3-2-4-7(8)10-6/h2-5H,9H2,1H3/t5-/m0/s1. The summed E-state index contributed by atoms with van der Waals surface area (Å²) in [4.78, 5) is 4.16. The third kappa shape index (κ3) is 1.78. The molecule has 0 saturated carbocycles. The number of hydrogen-bond donors (Lipinski definition) is 1. The summed E-state index contributed by atoms with van der Waals surface area (Å²) in [5, 5.41) is 0. The molecule has 0 amide bonds. The summed E-state index contributed by atoms with van der Waals surface area (Å²) in [5.74, 6) is 0. The molecule has 2 nitrogen and oxygen atoms in total. The van der Waals surface area contributed by atoms with Crippen LogP contribution in [0.25, 0.3) is 0 Å². The molecule has 3 heteroatoms. The van der Waals surface area contributed by atoms with Gasteiger partial charge in [0, 0.05) is 6.04 Å². The molecule has 0 bridgehead atoms. The Balaban J connectivity index is 2.96. The zero-order valence-corrected chi connectivity index (χ0v) is 7.30. The van der Waals surface area contributed by atoms with E-state index in [-0.39, 0.29) is 6.04 Å². The number of pyridine rings is 1. The van der Waals surface area contributed by atoms with Crippen molar-refractivity contribution in [1.29, 1.82) is 0 Å². The summed E-state index contributed by atoms with van der Waals surface area (Å²) >= 11 is 3.26. The van der Waals surface area contributed by atoms with Gasteiger partial charge in [-0.2, -0.15) is 0 Å². The van der Waals surface area contributed by atoms with Gasteiger partial charge in [0.25, 0.3) is 0 Å². The second-order valence-corrected chi connectivity index (χ2v) is 2.99. The fraction of sp³-hybridized carbons (Fsp3) is 0.286. The number of rotatable bonds is 1. The lowest BCUT2D eigenvalue weighted by molar-refractivity contribution is 0.778. The van der Waals surface area contributed by atoms with E-state index in [2.05, 4.69) is 20.9 Å². The minimum Gasteiger partial charge on any atom is -0.323 e. The Labute approximate surface area is 68.6 Å². The average molecular weight is 201 g/mol. The number of hydrogen-bond acceptors (Lipinski definition) is 2. The highest BCUT2D eigenvalue weighted by Gasteiger charge is 1.98. The maximum absolute atomic E-state index is 5.60. The van der Waals surface area contributed by atoms with Crippen molar-refractivity contribution in [3.05, 3.63) is 28.5 Å². The topological polar surface area (TPSA) is 38.9 Å². The van der Waals surface area contributed by atoms with Crippen LogP contribution in [0.1, 0.15) is 18.7 Å². The number of nitrogens with zero attached hydrogens (tertiary/aromatic N) is 1. The minimum absolute atomic E-state index is 0.0116. The van der Waals surface area contributed by atoms with Crippen LogP contribution in [0, 0.1) is 0 Å². The van der Waals surface area contributed by atoms with Crippen LogP contribution in [0.4, 0.5) is 0 Å². The van der Waals surface area contributed by atoms with Crippen molar-refractivity contribution in [1.82, 2.24) is 4.98 Å². The molecule has 1 aromatic heterocycles. The van der Waals surface area contributed by atoms with Gasteiger partial charge in [0.1, 0.15) is 4.60 Å². The summed E-state index contributed by atoms with van der Waals surface area (Å²) in [5.41, 5.74) is 6.51. The van der Waals surface area contributed by atoms with Gasteiger partial charge in [-0.15, -0.1) is 0 Å². The molecule has 1 rings (SSSR count). The van der Waals surface area contributed by atoms with Crippen LogP contribution in [0.3, 0.4) is 0 Å². The van der Waals surface area contributed by atoms with Crippen molar-refractivity contribution >= 4 is 15.9 Å². The molecule has 0 aliphatic carbocycles. The van der Waals surface area contributed by atoms with E-state index in [0.717, 1.165) is 10.3 Å². The van der Waals surface area contributed by atoms with Crippen molar-refractivity contribution in [2.24, 2.45) is 5.73 Å². The van der Waals surface area contributed by atoms with Crippen molar-refractivity contribution < 1.29 is 0 Å². The highest BCUT2D eigenvalue weighted by molar-refractivity contribution is 9.10. The largest absolute Gasteiger partial charge is 0.323 e. The van der Waals surface area contributed by atoms with E-state index in [4.69, 9.17) is 5.73 Å². The third-order valence-corrected chi connectivity index (χ3v) is 1.64. The van der Waals surface area contributed by atoms with E-state index >= 15 is 0 Å². The first kappa shape index (κ1) is 7.69. The predicted molar refractivity (Wildman–Crippen MR) is 44.5 cm³/mol. The van der Waals surface area contributed by atoms with Crippen molar-refractivity contribution in [3.63, 3.8) is 0 Å². The molecule has 0 radical (unpaired) electrons. The van der Waals surface area contributed by atoms with Crippen LogP contribution in [-0.4, -0.2) is 4.98 Å². The van der Waals surface area contributed by atoms with Gasteiger partial charge in [0.15, 0.2) is 0 Å². The van der Waals surface area contributed by atoms with E-state index in [9.17, 15) is 0 Å². The number of nitrogens with two attached hydrogens (primary N) is 1. The molecule has 0 aliphatic heterocycles. The van der Waals surface area contributed by atoms with Crippen LogP contribution in [0.15, 0.2) is 22.8 Å². The van der Waals surface area contributed by atoms with Crippen LogP contribution < -0.4 is 5.73 Å². The molecule has 0 aliphatic rings. The summed E-state index contributed by atoms with van der Waals surface area (Å²) in [7, 11) is 0. The molecule has 54 valence electrons. The lowest BCUT2D eigenvalue weighted by atomic mass is 10.2. The highest BCUT2D eigenvalue weighted by Crippen LogP contribution is 2.10. The fourth-order valence-electron chi connectivity index (χ4n) is 0.678. The Bertz CT molecular complexity index is 223. The molecule has 0 unspecified atom stereocenters. The molecule has 0 fully saturated rings. The first-order valence-corrected chi connectivity index (χ1v) is 3.87. The van der Waals surface area contributed by atoms with E-state index in [1.165, 1.54) is 0 Å². The lowest BCUT2D eigenvalue weighted by Crippen LogP contribution is -2.06. The second kappa shape index (κ2) is 3.12. The molecule has 10 heavy (non-hydrogen) atoms.